The van der Waals surface area contributed by atoms with E-state index in [9.17, 15) is 0 Å². The van der Waals surface area contributed by atoms with Crippen LogP contribution in [-0.4, -0.2) is 6.71 Å². The van der Waals surface area contributed by atoms with Crippen LogP contribution in [0.2, 0.25) is 0 Å². The summed E-state index contributed by atoms with van der Waals surface area (Å²) < 4.78 is 13.2. The molecule has 174 valence electrons. The Morgan fingerprint density at radius 3 is 1.88 bits per heavy atom. The lowest BCUT2D eigenvalue weighted by atomic mass is 9.34. The van der Waals surface area contributed by atoms with Crippen LogP contribution in [0.3, 0.4) is 0 Å². The SMILES string of the molecule is Cc1cc2c3c(c1)Oc1cc4c(cc1B3c1cc(C(C)(C)C)ccc1O2)C(C)(C)CCC4(C)C. The molecule has 3 heteroatoms. The lowest BCUT2D eigenvalue weighted by Crippen LogP contribution is -2.58. The summed E-state index contributed by atoms with van der Waals surface area (Å²) in [7, 11) is 0. The van der Waals surface area contributed by atoms with Gasteiger partial charge in [0, 0.05) is 5.46 Å². The molecule has 6 rings (SSSR count). The highest BCUT2D eigenvalue weighted by atomic mass is 16.5. The first-order valence-electron chi connectivity index (χ1n) is 12.7. The maximum atomic E-state index is 6.67. The summed E-state index contributed by atoms with van der Waals surface area (Å²) in [5.74, 6) is 3.84. The van der Waals surface area contributed by atoms with E-state index < -0.39 is 0 Å². The fraction of sp³-hybridized carbons (Fsp3) is 0.419. The highest BCUT2D eigenvalue weighted by Crippen LogP contribution is 2.47. The van der Waals surface area contributed by atoms with Gasteiger partial charge in [-0.1, -0.05) is 66.7 Å². The lowest BCUT2D eigenvalue weighted by Gasteiger charge is -2.43. The zero-order valence-electron chi connectivity index (χ0n) is 21.8. The van der Waals surface area contributed by atoms with Crippen molar-refractivity contribution in [3.63, 3.8) is 0 Å². The van der Waals surface area contributed by atoms with Gasteiger partial charge in [0.15, 0.2) is 0 Å². The van der Waals surface area contributed by atoms with E-state index in [2.05, 4.69) is 97.9 Å². The average molecular weight is 450 g/mol. The van der Waals surface area contributed by atoms with Gasteiger partial charge in [0.25, 0.3) is 6.71 Å². The van der Waals surface area contributed by atoms with E-state index in [1.807, 2.05) is 0 Å². The van der Waals surface area contributed by atoms with Crippen LogP contribution in [0, 0.1) is 6.92 Å². The third kappa shape index (κ3) is 3.09. The summed E-state index contributed by atoms with van der Waals surface area (Å²) in [4.78, 5) is 0. The smallest absolute Gasteiger partial charge is 0.260 e. The van der Waals surface area contributed by atoms with Crippen LogP contribution < -0.4 is 25.9 Å². The number of hydrogen-bond acceptors (Lipinski definition) is 2. The van der Waals surface area contributed by atoms with Gasteiger partial charge in [-0.25, -0.2) is 0 Å². The van der Waals surface area contributed by atoms with Crippen LogP contribution >= 0.6 is 0 Å². The predicted molar refractivity (Wildman–Crippen MR) is 143 cm³/mol. The molecule has 0 fully saturated rings. The lowest BCUT2D eigenvalue weighted by molar-refractivity contribution is 0.330. The van der Waals surface area contributed by atoms with Gasteiger partial charge < -0.3 is 9.47 Å². The van der Waals surface area contributed by atoms with Crippen LogP contribution in [-0.2, 0) is 16.2 Å². The molecule has 2 nitrogen and oxygen atoms in total. The molecule has 0 bridgehead atoms. The Morgan fingerprint density at radius 2 is 1.26 bits per heavy atom. The maximum Gasteiger partial charge on any atom is 0.260 e. The van der Waals surface area contributed by atoms with Gasteiger partial charge in [-0.3, -0.25) is 0 Å². The predicted octanol–water partition coefficient (Wildman–Crippen LogP) is 6.37. The molecule has 0 amide bonds. The second-order valence-corrected chi connectivity index (χ2v) is 13.0. The Balaban J connectivity index is 1.66. The monoisotopic (exact) mass is 450 g/mol. The van der Waals surface area contributed by atoms with Gasteiger partial charge in [-0.2, -0.15) is 0 Å². The molecule has 0 aromatic heterocycles. The molecule has 3 aliphatic rings. The second kappa shape index (κ2) is 6.71. The second-order valence-electron chi connectivity index (χ2n) is 13.0. The summed E-state index contributed by atoms with van der Waals surface area (Å²) in [6, 6.07) is 15.9. The number of aryl methyl sites for hydroxylation is 1. The third-order valence-electron chi connectivity index (χ3n) is 8.46. The van der Waals surface area contributed by atoms with Gasteiger partial charge >= 0.3 is 0 Å². The fourth-order valence-electron chi connectivity index (χ4n) is 6.16. The Bertz CT molecular complexity index is 1360. The number of benzene rings is 3. The van der Waals surface area contributed by atoms with Gasteiger partial charge in [0.1, 0.15) is 23.0 Å². The van der Waals surface area contributed by atoms with Crippen molar-refractivity contribution in [2.24, 2.45) is 0 Å². The Kier molecular flexibility index (Phi) is 4.31. The molecular weight excluding hydrogens is 415 g/mol. The summed E-state index contributed by atoms with van der Waals surface area (Å²) in [6.07, 6.45) is 2.40. The molecule has 3 aromatic rings. The summed E-state index contributed by atoms with van der Waals surface area (Å²) >= 11 is 0. The fourth-order valence-corrected chi connectivity index (χ4v) is 6.16. The summed E-state index contributed by atoms with van der Waals surface area (Å²) in [6.45, 7) is 18.6. The standard InChI is InChI=1S/C31H35BO2/c1-18-13-26-28-27(14-18)34-25-17-21-20(30(5,6)11-12-31(21,7)8)16-23(25)32(28)22-15-19(29(2,3)4)9-10-24(22)33-26/h9-10,13-17H,11-12H2,1-8H3. The van der Waals surface area contributed by atoms with Crippen molar-refractivity contribution in [2.45, 2.75) is 84.5 Å². The maximum absolute atomic E-state index is 6.67. The van der Waals surface area contributed by atoms with E-state index in [0.717, 1.165) is 28.6 Å². The van der Waals surface area contributed by atoms with E-state index in [-0.39, 0.29) is 23.0 Å². The first kappa shape index (κ1) is 21.8. The highest BCUT2D eigenvalue weighted by molar-refractivity contribution is 6.98. The van der Waals surface area contributed by atoms with Gasteiger partial charge in [-0.15, -0.1) is 0 Å². The molecule has 0 saturated carbocycles. The van der Waals surface area contributed by atoms with Crippen LogP contribution in [0.25, 0.3) is 0 Å². The first-order valence-corrected chi connectivity index (χ1v) is 12.7. The van der Waals surface area contributed by atoms with Crippen molar-refractivity contribution >= 4 is 23.1 Å². The van der Waals surface area contributed by atoms with Crippen molar-refractivity contribution in [3.05, 3.63) is 64.7 Å². The minimum atomic E-state index is 0.0707. The zero-order chi connectivity index (χ0) is 24.2. The molecule has 0 unspecified atom stereocenters. The van der Waals surface area contributed by atoms with Crippen molar-refractivity contribution < 1.29 is 9.47 Å². The number of rotatable bonds is 0. The van der Waals surface area contributed by atoms with Crippen LogP contribution in [0.5, 0.6) is 23.0 Å². The minimum Gasteiger partial charge on any atom is -0.458 e. The topological polar surface area (TPSA) is 18.5 Å². The first-order chi connectivity index (χ1) is 15.8. The summed E-state index contributed by atoms with van der Waals surface area (Å²) in [5.41, 5.74) is 9.47. The quantitative estimate of drug-likeness (QED) is 0.255. The molecule has 0 saturated heterocycles. The normalized spacial score (nSPS) is 18.6. The molecule has 2 heterocycles. The van der Waals surface area contributed by atoms with E-state index in [1.165, 1.54) is 45.9 Å². The molecular formula is C31H35BO2. The van der Waals surface area contributed by atoms with Crippen molar-refractivity contribution in [3.8, 4) is 23.0 Å². The average Bonchev–Trinajstić information content (AvgIpc) is 2.74. The number of fused-ring (bicyclic) bond motifs is 5. The molecule has 34 heavy (non-hydrogen) atoms. The van der Waals surface area contributed by atoms with E-state index in [0.29, 0.717) is 0 Å². The van der Waals surface area contributed by atoms with Crippen molar-refractivity contribution in [1.82, 2.24) is 0 Å². The number of ether oxygens (including phenoxy) is 2. The molecule has 0 atom stereocenters. The van der Waals surface area contributed by atoms with Gasteiger partial charge in [0.2, 0.25) is 0 Å². The highest BCUT2D eigenvalue weighted by Gasteiger charge is 2.44. The van der Waals surface area contributed by atoms with E-state index in [1.54, 1.807) is 0 Å². The zero-order valence-corrected chi connectivity index (χ0v) is 21.8. The molecule has 3 aromatic carbocycles. The van der Waals surface area contributed by atoms with Crippen molar-refractivity contribution in [2.75, 3.05) is 0 Å². The van der Waals surface area contributed by atoms with E-state index >= 15 is 0 Å². The Hall–Kier alpha value is -2.68. The Labute approximate surface area is 204 Å². The molecule has 0 radical (unpaired) electrons. The van der Waals surface area contributed by atoms with Crippen LogP contribution in [0.1, 0.15) is 83.6 Å². The number of hydrogen-bond donors (Lipinski definition) is 0. The molecule has 2 aliphatic heterocycles. The van der Waals surface area contributed by atoms with Gasteiger partial charge in [0.05, 0.1) is 0 Å². The van der Waals surface area contributed by atoms with Crippen LogP contribution in [0.15, 0.2) is 42.5 Å². The largest absolute Gasteiger partial charge is 0.458 e. The van der Waals surface area contributed by atoms with Crippen molar-refractivity contribution in [1.29, 1.82) is 0 Å². The third-order valence-corrected chi connectivity index (χ3v) is 8.46. The van der Waals surface area contributed by atoms with E-state index in [4.69, 9.17) is 9.47 Å². The minimum absolute atomic E-state index is 0.0707. The van der Waals surface area contributed by atoms with Gasteiger partial charge in [-0.05, 0) is 93.5 Å². The van der Waals surface area contributed by atoms with Crippen LogP contribution in [0.4, 0.5) is 0 Å². The molecule has 1 aliphatic carbocycles. The summed E-state index contributed by atoms with van der Waals surface area (Å²) in [5, 5.41) is 0. The Morgan fingerprint density at radius 1 is 0.706 bits per heavy atom. The molecule has 0 spiro atoms. The molecule has 0 N–H and O–H groups in total.